The minimum Gasteiger partial charge on any atom is -0.398 e. The van der Waals surface area contributed by atoms with E-state index in [4.69, 9.17) is 10.5 Å². The Labute approximate surface area is 112 Å². The number of nitrogen functional groups attached to an aromatic ring is 1. The number of halogens is 1. The van der Waals surface area contributed by atoms with Crippen LogP contribution >= 0.6 is 15.9 Å². The Bertz CT molecular complexity index is 335. The highest BCUT2D eigenvalue weighted by molar-refractivity contribution is 9.10. The van der Waals surface area contributed by atoms with E-state index in [1.807, 2.05) is 18.2 Å². The normalized spacial score (nSPS) is 11.4. The summed E-state index contributed by atoms with van der Waals surface area (Å²) in [6, 6.07) is 6.39. The number of nitrogens with zero attached hydrogens (tertiary/aromatic N) is 1. The Morgan fingerprint density at radius 3 is 2.65 bits per heavy atom. The van der Waals surface area contributed by atoms with E-state index in [9.17, 15) is 0 Å². The van der Waals surface area contributed by atoms with Crippen molar-refractivity contribution < 1.29 is 4.74 Å². The van der Waals surface area contributed by atoms with E-state index in [0.29, 0.717) is 6.04 Å². The first-order valence-corrected chi connectivity index (χ1v) is 6.61. The van der Waals surface area contributed by atoms with Gasteiger partial charge < -0.3 is 10.5 Å². The lowest BCUT2D eigenvalue weighted by molar-refractivity contribution is 0.125. The first kappa shape index (κ1) is 14.5. The molecule has 0 unspecified atom stereocenters. The smallest absolute Gasteiger partial charge is 0.0589 e. The maximum atomic E-state index is 6.01. The van der Waals surface area contributed by atoms with Gasteiger partial charge in [0.25, 0.3) is 0 Å². The number of ether oxygens (including phenoxy) is 1. The van der Waals surface area contributed by atoms with Gasteiger partial charge in [0.05, 0.1) is 6.61 Å². The second kappa shape index (κ2) is 6.99. The molecule has 0 aliphatic heterocycles. The van der Waals surface area contributed by atoms with Gasteiger partial charge in [0.2, 0.25) is 0 Å². The standard InChI is InChI=1S/C13H21BrN2O/c1-10(2)16(7-8-17-3)9-11-12(14)5-4-6-13(11)15/h4-6,10H,7-9,15H2,1-3H3. The highest BCUT2D eigenvalue weighted by Crippen LogP contribution is 2.24. The van der Waals surface area contributed by atoms with Crippen molar-refractivity contribution in [2.75, 3.05) is 26.0 Å². The maximum absolute atomic E-state index is 6.01. The number of methoxy groups -OCH3 is 1. The van der Waals surface area contributed by atoms with Crippen molar-refractivity contribution in [2.45, 2.75) is 26.4 Å². The van der Waals surface area contributed by atoms with Gasteiger partial charge in [-0.05, 0) is 26.0 Å². The zero-order chi connectivity index (χ0) is 12.8. The van der Waals surface area contributed by atoms with Gasteiger partial charge in [-0.2, -0.15) is 0 Å². The van der Waals surface area contributed by atoms with Crippen molar-refractivity contribution in [3.8, 4) is 0 Å². The molecule has 0 radical (unpaired) electrons. The van der Waals surface area contributed by atoms with Crippen molar-refractivity contribution in [2.24, 2.45) is 0 Å². The Morgan fingerprint density at radius 2 is 2.12 bits per heavy atom. The molecule has 4 heteroatoms. The molecule has 1 rings (SSSR count). The van der Waals surface area contributed by atoms with E-state index in [2.05, 4.69) is 34.7 Å². The molecule has 0 heterocycles. The predicted octanol–water partition coefficient (Wildman–Crippen LogP) is 2.89. The summed E-state index contributed by atoms with van der Waals surface area (Å²) in [5.41, 5.74) is 8.00. The Kier molecular flexibility index (Phi) is 5.95. The van der Waals surface area contributed by atoms with Crippen LogP contribution in [0.5, 0.6) is 0 Å². The third-order valence-corrected chi connectivity index (χ3v) is 3.57. The predicted molar refractivity (Wildman–Crippen MR) is 76.0 cm³/mol. The molecule has 0 fully saturated rings. The van der Waals surface area contributed by atoms with Crippen LogP contribution in [0.3, 0.4) is 0 Å². The molecule has 0 spiro atoms. The first-order valence-electron chi connectivity index (χ1n) is 5.82. The zero-order valence-electron chi connectivity index (χ0n) is 10.7. The molecule has 0 saturated carbocycles. The molecule has 3 nitrogen and oxygen atoms in total. The van der Waals surface area contributed by atoms with E-state index >= 15 is 0 Å². The summed E-state index contributed by atoms with van der Waals surface area (Å²) in [6.07, 6.45) is 0. The van der Waals surface area contributed by atoms with Gasteiger partial charge in [0, 0.05) is 42.0 Å². The Morgan fingerprint density at radius 1 is 1.41 bits per heavy atom. The summed E-state index contributed by atoms with van der Waals surface area (Å²) in [5, 5.41) is 0. The van der Waals surface area contributed by atoms with Crippen LogP contribution in [0.25, 0.3) is 0 Å². The van der Waals surface area contributed by atoms with E-state index < -0.39 is 0 Å². The average Bonchev–Trinajstić information content (AvgIpc) is 2.27. The highest BCUT2D eigenvalue weighted by Gasteiger charge is 2.13. The van der Waals surface area contributed by atoms with Crippen LogP contribution in [-0.4, -0.2) is 31.2 Å². The molecule has 0 bridgehead atoms. The molecule has 17 heavy (non-hydrogen) atoms. The third-order valence-electron chi connectivity index (χ3n) is 2.83. The summed E-state index contributed by atoms with van der Waals surface area (Å²) in [4.78, 5) is 2.35. The molecular formula is C13H21BrN2O. The molecule has 0 aliphatic rings. The van der Waals surface area contributed by atoms with Crippen LogP contribution in [0.2, 0.25) is 0 Å². The Balaban J connectivity index is 2.78. The number of benzene rings is 1. The van der Waals surface area contributed by atoms with E-state index in [1.54, 1.807) is 7.11 Å². The van der Waals surface area contributed by atoms with Gasteiger partial charge in [-0.15, -0.1) is 0 Å². The van der Waals surface area contributed by atoms with Gasteiger partial charge in [-0.3, -0.25) is 4.90 Å². The van der Waals surface area contributed by atoms with Crippen LogP contribution in [0.4, 0.5) is 5.69 Å². The minimum absolute atomic E-state index is 0.469. The fourth-order valence-corrected chi connectivity index (χ4v) is 2.18. The molecule has 0 amide bonds. The van der Waals surface area contributed by atoms with Crippen LogP contribution < -0.4 is 5.73 Å². The summed E-state index contributed by atoms with van der Waals surface area (Å²) >= 11 is 3.55. The first-order chi connectivity index (χ1) is 8.06. The summed E-state index contributed by atoms with van der Waals surface area (Å²) in [5.74, 6) is 0. The molecule has 2 N–H and O–H groups in total. The second-order valence-electron chi connectivity index (χ2n) is 4.36. The van der Waals surface area contributed by atoms with Gasteiger partial charge in [-0.25, -0.2) is 0 Å². The summed E-state index contributed by atoms with van der Waals surface area (Å²) in [6.45, 7) is 6.86. The molecule has 96 valence electrons. The lowest BCUT2D eigenvalue weighted by Gasteiger charge is -2.27. The molecule has 1 aromatic carbocycles. The van der Waals surface area contributed by atoms with E-state index in [0.717, 1.165) is 35.4 Å². The molecule has 1 aromatic rings. The third kappa shape index (κ3) is 4.30. The van der Waals surface area contributed by atoms with E-state index in [-0.39, 0.29) is 0 Å². The topological polar surface area (TPSA) is 38.5 Å². The molecule has 0 atom stereocenters. The fourth-order valence-electron chi connectivity index (χ4n) is 1.67. The molecule has 0 aromatic heterocycles. The minimum atomic E-state index is 0.469. The number of anilines is 1. The van der Waals surface area contributed by atoms with Crippen LogP contribution in [0.15, 0.2) is 22.7 Å². The van der Waals surface area contributed by atoms with E-state index in [1.165, 1.54) is 0 Å². The SMILES string of the molecule is COCCN(Cc1c(N)cccc1Br)C(C)C. The fraction of sp³-hybridized carbons (Fsp3) is 0.538. The number of hydrogen-bond acceptors (Lipinski definition) is 3. The number of rotatable bonds is 6. The zero-order valence-corrected chi connectivity index (χ0v) is 12.3. The number of nitrogens with two attached hydrogens (primary N) is 1. The largest absolute Gasteiger partial charge is 0.398 e. The Hall–Kier alpha value is -0.580. The molecule has 0 saturated heterocycles. The van der Waals surface area contributed by atoms with Gasteiger partial charge in [0.15, 0.2) is 0 Å². The summed E-state index contributed by atoms with van der Waals surface area (Å²) < 4.78 is 6.21. The molecular weight excluding hydrogens is 280 g/mol. The lowest BCUT2D eigenvalue weighted by Crippen LogP contribution is -2.33. The van der Waals surface area contributed by atoms with Crippen molar-refractivity contribution in [3.63, 3.8) is 0 Å². The number of hydrogen-bond donors (Lipinski definition) is 1. The van der Waals surface area contributed by atoms with Crippen molar-refractivity contribution in [1.82, 2.24) is 4.90 Å². The second-order valence-corrected chi connectivity index (χ2v) is 5.22. The monoisotopic (exact) mass is 300 g/mol. The van der Waals surface area contributed by atoms with Crippen molar-refractivity contribution >= 4 is 21.6 Å². The lowest BCUT2D eigenvalue weighted by atomic mass is 10.1. The van der Waals surface area contributed by atoms with Crippen LogP contribution in [-0.2, 0) is 11.3 Å². The summed E-state index contributed by atoms with van der Waals surface area (Å²) in [7, 11) is 1.73. The van der Waals surface area contributed by atoms with Gasteiger partial charge in [-0.1, -0.05) is 22.0 Å². The quantitative estimate of drug-likeness (QED) is 0.821. The van der Waals surface area contributed by atoms with Gasteiger partial charge >= 0.3 is 0 Å². The van der Waals surface area contributed by atoms with Gasteiger partial charge in [0.1, 0.15) is 0 Å². The van der Waals surface area contributed by atoms with Crippen LogP contribution in [0, 0.1) is 0 Å². The van der Waals surface area contributed by atoms with Crippen molar-refractivity contribution in [1.29, 1.82) is 0 Å². The van der Waals surface area contributed by atoms with Crippen molar-refractivity contribution in [3.05, 3.63) is 28.2 Å². The highest BCUT2D eigenvalue weighted by atomic mass is 79.9. The van der Waals surface area contributed by atoms with Crippen LogP contribution in [0.1, 0.15) is 19.4 Å². The molecule has 0 aliphatic carbocycles. The average molecular weight is 301 g/mol. The maximum Gasteiger partial charge on any atom is 0.0589 e.